The average molecular weight is 521 g/mol. The van der Waals surface area contributed by atoms with Crippen LogP contribution in [0.2, 0.25) is 5.15 Å². The Kier molecular flexibility index (Phi) is 8.80. The number of likely N-dealkylation sites (tertiary alicyclic amines) is 1. The first kappa shape index (κ1) is 25.7. The van der Waals surface area contributed by atoms with Gasteiger partial charge in [0.25, 0.3) is 5.91 Å². The van der Waals surface area contributed by atoms with Crippen molar-refractivity contribution in [1.82, 2.24) is 25.1 Å². The number of thioether (sulfide) groups is 1. The molecule has 1 atom stereocenters. The molecule has 188 valence electrons. The van der Waals surface area contributed by atoms with Gasteiger partial charge in [-0.05, 0) is 45.0 Å². The summed E-state index contributed by atoms with van der Waals surface area (Å²) in [6, 6.07) is 7.56. The van der Waals surface area contributed by atoms with Crippen LogP contribution in [0.15, 0.2) is 35.5 Å². The lowest BCUT2D eigenvalue weighted by Gasteiger charge is -2.40. The third kappa shape index (κ3) is 6.83. The fraction of sp³-hybridized carbons (Fsp3) is 0.500. The van der Waals surface area contributed by atoms with Crippen LogP contribution in [0.5, 0.6) is 0 Å². The minimum Gasteiger partial charge on any atom is -0.354 e. The second-order valence-corrected chi connectivity index (χ2v) is 10.1. The zero-order valence-electron chi connectivity index (χ0n) is 19.8. The summed E-state index contributed by atoms with van der Waals surface area (Å²) < 4.78 is 14.1. The summed E-state index contributed by atoms with van der Waals surface area (Å²) in [5.74, 6) is -0.0411. The van der Waals surface area contributed by atoms with E-state index in [1.54, 1.807) is 23.1 Å². The second-order valence-electron chi connectivity index (χ2n) is 8.79. The van der Waals surface area contributed by atoms with Crippen molar-refractivity contribution < 1.29 is 14.0 Å². The maximum Gasteiger partial charge on any atom is 0.257 e. The zero-order chi connectivity index (χ0) is 24.8. The molecule has 2 aliphatic rings. The number of nitrogens with zero attached hydrogens (tertiary/aromatic N) is 5. The highest BCUT2D eigenvalue weighted by molar-refractivity contribution is 7.99. The number of hydrogen-bond donors (Lipinski definition) is 1. The van der Waals surface area contributed by atoms with Gasteiger partial charge in [0, 0.05) is 44.8 Å². The first-order valence-electron chi connectivity index (χ1n) is 11.9. The number of piperazine rings is 1. The molecule has 2 aliphatic heterocycles. The SMILES string of the molecule is CC1CN(c2cc(Cl)nc(SCC(=O)NCCN3CCCC3)n2)CCN1C(=O)c1ccccc1F. The van der Waals surface area contributed by atoms with Gasteiger partial charge in [-0.15, -0.1) is 0 Å². The van der Waals surface area contributed by atoms with E-state index in [0.29, 0.717) is 42.3 Å². The van der Waals surface area contributed by atoms with Crippen LogP contribution in [0.25, 0.3) is 0 Å². The molecule has 1 aromatic carbocycles. The van der Waals surface area contributed by atoms with Crippen molar-refractivity contribution in [2.24, 2.45) is 0 Å². The maximum atomic E-state index is 14.1. The number of rotatable bonds is 8. The van der Waals surface area contributed by atoms with Gasteiger partial charge in [-0.25, -0.2) is 14.4 Å². The van der Waals surface area contributed by atoms with E-state index < -0.39 is 5.82 Å². The highest BCUT2D eigenvalue weighted by Gasteiger charge is 2.30. The number of carbonyl (C=O) groups is 2. The van der Waals surface area contributed by atoms with Crippen LogP contribution in [0.1, 0.15) is 30.1 Å². The molecule has 35 heavy (non-hydrogen) atoms. The van der Waals surface area contributed by atoms with E-state index in [4.69, 9.17) is 11.6 Å². The summed E-state index contributed by atoms with van der Waals surface area (Å²) in [6.45, 7) is 7.12. The number of nitrogens with one attached hydrogen (secondary N) is 1. The monoisotopic (exact) mass is 520 g/mol. The standard InChI is InChI=1S/C24H30ClFN6O2S/c1-17-15-31(12-13-32(17)23(34)18-6-2-3-7-19(18)26)21-14-20(25)28-24(29-21)35-16-22(33)27-8-11-30-9-4-5-10-30/h2-3,6-7,14,17H,4-5,8-13,15-16H2,1H3,(H,27,33). The quantitative estimate of drug-likeness (QED) is 0.325. The van der Waals surface area contributed by atoms with E-state index in [0.717, 1.165) is 19.6 Å². The van der Waals surface area contributed by atoms with E-state index in [1.807, 2.05) is 11.8 Å². The van der Waals surface area contributed by atoms with Gasteiger partial charge in [-0.2, -0.15) is 0 Å². The topological polar surface area (TPSA) is 81.7 Å². The summed E-state index contributed by atoms with van der Waals surface area (Å²) in [5.41, 5.74) is 0.0790. The van der Waals surface area contributed by atoms with Gasteiger partial charge in [0.15, 0.2) is 5.16 Å². The van der Waals surface area contributed by atoms with Crippen LogP contribution < -0.4 is 10.2 Å². The molecule has 0 aliphatic carbocycles. The van der Waals surface area contributed by atoms with E-state index >= 15 is 0 Å². The van der Waals surface area contributed by atoms with Crippen LogP contribution in [-0.4, -0.2) is 89.2 Å². The summed E-state index contributed by atoms with van der Waals surface area (Å²) in [7, 11) is 0. The second kappa shape index (κ2) is 12.0. The molecular formula is C24H30ClFN6O2S. The van der Waals surface area contributed by atoms with Gasteiger partial charge >= 0.3 is 0 Å². The highest BCUT2D eigenvalue weighted by Crippen LogP contribution is 2.25. The Hall–Kier alpha value is -2.43. The zero-order valence-corrected chi connectivity index (χ0v) is 21.3. The smallest absolute Gasteiger partial charge is 0.257 e. The van der Waals surface area contributed by atoms with Gasteiger partial charge in [0.1, 0.15) is 16.8 Å². The Labute approximate surface area is 214 Å². The summed E-state index contributed by atoms with van der Waals surface area (Å²) in [4.78, 5) is 40.0. The number of aromatic nitrogens is 2. The molecule has 3 heterocycles. The molecule has 2 saturated heterocycles. The Morgan fingerprint density at radius 3 is 2.69 bits per heavy atom. The fourth-order valence-corrected chi connectivity index (χ4v) is 5.32. The summed E-state index contributed by atoms with van der Waals surface area (Å²) in [5, 5.41) is 3.67. The Balaban J connectivity index is 1.31. The van der Waals surface area contributed by atoms with Gasteiger partial charge < -0.3 is 20.0 Å². The van der Waals surface area contributed by atoms with E-state index in [1.165, 1.54) is 36.7 Å². The first-order valence-corrected chi connectivity index (χ1v) is 13.2. The predicted octanol–water partition coefficient (Wildman–Crippen LogP) is 2.92. The maximum absolute atomic E-state index is 14.1. The molecule has 1 unspecified atom stereocenters. The Bertz CT molecular complexity index is 1050. The molecule has 2 amide bonds. The lowest BCUT2D eigenvalue weighted by atomic mass is 10.1. The van der Waals surface area contributed by atoms with Crippen molar-refractivity contribution in [3.8, 4) is 0 Å². The highest BCUT2D eigenvalue weighted by atomic mass is 35.5. The molecule has 4 rings (SSSR count). The largest absolute Gasteiger partial charge is 0.354 e. The van der Waals surface area contributed by atoms with Crippen molar-refractivity contribution in [3.05, 3.63) is 46.9 Å². The van der Waals surface area contributed by atoms with Gasteiger partial charge in [0.2, 0.25) is 5.91 Å². The predicted molar refractivity (Wildman–Crippen MR) is 136 cm³/mol. The van der Waals surface area contributed by atoms with Crippen molar-refractivity contribution >= 4 is 41.0 Å². The Morgan fingerprint density at radius 1 is 1.17 bits per heavy atom. The van der Waals surface area contributed by atoms with Crippen LogP contribution in [0, 0.1) is 5.82 Å². The number of anilines is 1. The molecule has 0 spiro atoms. The molecule has 1 aromatic heterocycles. The number of hydrogen-bond acceptors (Lipinski definition) is 7. The van der Waals surface area contributed by atoms with E-state index in [-0.39, 0.29) is 29.2 Å². The van der Waals surface area contributed by atoms with Crippen LogP contribution in [0.3, 0.4) is 0 Å². The molecule has 2 aromatic rings. The van der Waals surface area contributed by atoms with Gasteiger partial charge in [-0.3, -0.25) is 9.59 Å². The molecular weight excluding hydrogens is 491 g/mol. The van der Waals surface area contributed by atoms with Crippen LogP contribution in [0.4, 0.5) is 10.2 Å². The lowest BCUT2D eigenvalue weighted by molar-refractivity contribution is -0.118. The molecule has 11 heteroatoms. The van der Waals surface area contributed by atoms with Gasteiger partial charge in [0.05, 0.1) is 11.3 Å². The van der Waals surface area contributed by atoms with E-state index in [9.17, 15) is 14.0 Å². The van der Waals surface area contributed by atoms with Crippen molar-refractivity contribution in [1.29, 1.82) is 0 Å². The molecule has 8 nitrogen and oxygen atoms in total. The fourth-order valence-electron chi connectivity index (χ4n) is 4.41. The third-order valence-corrected chi connectivity index (χ3v) is 7.30. The molecule has 0 saturated carbocycles. The minimum atomic E-state index is -0.517. The van der Waals surface area contributed by atoms with Crippen molar-refractivity contribution in [3.63, 3.8) is 0 Å². The number of halogens is 2. The lowest BCUT2D eigenvalue weighted by Crippen LogP contribution is -2.54. The first-order chi connectivity index (χ1) is 16.9. The van der Waals surface area contributed by atoms with Crippen LogP contribution in [-0.2, 0) is 4.79 Å². The van der Waals surface area contributed by atoms with Gasteiger partial charge in [-0.1, -0.05) is 35.5 Å². The Morgan fingerprint density at radius 2 is 1.94 bits per heavy atom. The third-order valence-electron chi connectivity index (χ3n) is 6.26. The molecule has 1 N–H and O–H groups in total. The average Bonchev–Trinajstić information content (AvgIpc) is 3.36. The normalized spacial score (nSPS) is 18.7. The molecule has 2 fully saturated rings. The van der Waals surface area contributed by atoms with Crippen molar-refractivity contribution in [2.45, 2.75) is 31.0 Å². The number of benzene rings is 1. The summed E-state index contributed by atoms with van der Waals surface area (Å²) >= 11 is 7.49. The number of amides is 2. The van der Waals surface area contributed by atoms with E-state index in [2.05, 4.69) is 20.2 Å². The number of carbonyl (C=O) groups excluding carboxylic acids is 2. The summed E-state index contributed by atoms with van der Waals surface area (Å²) in [6.07, 6.45) is 2.46. The van der Waals surface area contributed by atoms with Crippen molar-refractivity contribution in [2.75, 3.05) is 56.5 Å². The molecule has 0 bridgehead atoms. The molecule has 0 radical (unpaired) electrons. The minimum absolute atomic E-state index is 0.0618. The van der Waals surface area contributed by atoms with Crippen LogP contribution >= 0.6 is 23.4 Å².